The second-order valence-electron chi connectivity index (χ2n) is 7.92. The number of methoxy groups -OCH3 is 2. The summed E-state index contributed by atoms with van der Waals surface area (Å²) in [4.78, 5) is 4.56. The third kappa shape index (κ3) is 5.26. The van der Waals surface area contributed by atoms with Crippen LogP contribution in [0.5, 0.6) is 11.5 Å². The summed E-state index contributed by atoms with van der Waals surface area (Å²) in [5, 5.41) is 13.9. The summed E-state index contributed by atoms with van der Waals surface area (Å²) in [5.41, 5.74) is 3.01. The third-order valence-electron chi connectivity index (χ3n) is 5.67. The molecular formula is C27H25N5O3S. The van der Waals surface area contributed by atoms with E-state index in [9.17, 15) is 0 Å². The molecule has 2 heterocycles. The van der Waals surface area contributed by atoms with Crippen molar-refractivity contribution in [2.75, 3.05) is 14.2 Å². The van der Waals surface area contributed by atoms with E-state index in [0.717, 1.165) is 40.8 Å². The van der Waals surface area contributed by atoms with E-state index >= 15 is 0 Å². The van der Waals surface area contributed by atoms with E-state index in [1.165, 1.54) is 17.3 Å². The molecule has 0 amide bonds. The number of ether oxygens (including phenoxy) is 2. The van der Waals surface area contributed by atoms with Gasteiger partial charge in [0.05, 0.1) is 25.5 Å². The fourth-order valence-corrected chi connectivity index (χ4v) is 4.62. The van der Waals surface area contributed by atoms with Crippen LogP contribution in [0.2, 0.25) is 0 Å². The van der Waals surface area contributed by atoms with Gasteiger partial charge in [-0.2, -0.15) is 4.98 Å². The van der Waals surface area contributed by atoms with Crippen LogP contribution in [0.25, 0.3) is 22.8 Å². The van der Waals surface area contributed by atoms with Gasteiger partial charge < -0.3 is 18.6 Å². The van der Waals surface area contributed by atoms with E-state index < -0.39 is 0 Å². The minimum absolute atomic E-state index is 0.466. The Kier molecular flexibility index (Phi) is 7.28. The number of rotatable bonds is 10. The predicted molar refractivity (Wildman–Crippen MR) is 138 cm³/mol. The molecule has 9 heteroatoms. The summed E-state index contributed by atoms with van der Waals surface area (Å²) in [7, 11) is 3.28. The lowest BCUT2D eigenvalue weighted by Crippen LogP contribution is -2.05. The lowest BCUT2D eigenvalue weighted by Gasteiger charge is -2.10. The van der Waals surface area contributed by atoms with Gasteiger partial charge in [-0.3, -0.25) is 0 Å². The lowest BCUT2D eigenvalue weighted by atomic mass is 10.1. The molecule has 0 saturated heterocycles. The maximum absolute atomic E-state index is 5.52. The van der Waals surface area contributed by atoms with Crippen molar-refractivity contribution in [2.24, 2.45) is 0 Å². The Morgan fingerprint density at radius 2 is 1.64 bits per heavy atom. The molecule has 5 aromatic rings. The fourth-order valence-electron chi connectivity index (χ4n) is 3.81. The van der Waals surface area contributed by atoms with Gasteiger partial charge in [0, 0.05) is 12.1 Å². The van der Waals surface area contributed by atoms with Crippen molar-refractivity contribution in [1.29, 1.82) is 0 Å². The molecule has 0 aliphatic carbocycles. The molecule has 0 unspecified atom stereocenters. The van der Waals surface area contributed by atoms with E-state index in [1.54, 1.807) is 14.2 Å². The zero-order valence-electron chi connectivity index (χ0n) is 20.0. The van der Waals surface area contributed by atoms with Crippen molar-refractivity contribution in [1.82, 2.24) is 24.9 Å². The van der Waals surface area contributed by atoms with Gasteiger partial charge in [0.2, 0.25) is 11.7 Å². The normalized spacial score (nSPS) is 10.9. The molecule has 182 valence electrons. The number of thioether (sulfide) groups is 1. The Hall–Kier alpha value is -4.11. The van der Waals surface area contributed by atoms with E-state index in [4.69, 9.17) is 14.0 Å². The van der Waals surface area contributed by atoms with Gasteiger partial charge in [0.15, 0.2) is 11.0 Å². The highest BCUT2D eigenvalue weighted by Gasteiger charge is 2.18. The van der Waals surface area contributed by atoms with Crippen LogP contribution in [0.3, 0.4) is 0 Å². The monoisotopic (exact) mass is 499 g/mol. The first kappa shape index (κ1) is 23.6. The molecule has 0 fully saturated rings. The van der Waals surface area contributed by atoms with Crippen LogP contribution >= 0.6 is 11.8 Å². The largest absolute Gasteiger partial charge is 0.497 e. The smallest absolute Gasteiger partial charge is 0.237 e. The molecule has 0 aliphatic rings. The van der Waals surface area contributed by atoms with Crippen molar-refractivity contribution in [3.63, 3.8) is 0 Å². The molecule has 2 aromatic heterocycles. The summed E-state index contributed by atoms with van der Waals surface area (Å²) in [6.07, 6.45) is 0.855. The highest BCUT2D eigenvalue weighted by molar-refractivity contribution is 7.98. The molecule has 8 nitrogen and oxygen atoms in total. The first-order valence-corrected chi connectivity index (χ1v) is 12.4. The minimum atomic E-state index is 0.466. The standard InChI is InChI=1S/C27H25N5O3S/c1-33-21-14-12-20(13-15-21)26-29-30-27(32(26)17-16-19-8-4-3-5-9-19)36-18-24-28-25(31-35-24)22-10-6-7-11-23(22)34-2/h3-15H,16-18H2,1-2H3. The average molecular weight is 500 g/mol. The van der Waals surface area contributed by atoms with Gasteiger partial charge >= 0.3 is 0 Å². The Balaban J connectivity index is 1.37. The first-order chi connectivity index (χ1) is 17.7. The minimum Gasteiger partial charge on any atom is -0.497 e. The van der Waals surface area contributed by atoms with Crippen LogP contribution in [-0.2, 0) is 18.7 Å². The highest BCUT2D eigenvalue weighted by Crippen LogP contribution is 2.30. The number of para-hydroxylation sites is 1. The molecule has 5 rings (SSSR count). The number of nitrogens with zero attached hydrogens (tertiary/aromatic N) is 5. The molecule has 0 radical (unpaired) electrons. The van der Waals surface area contributed by atoms with Crippen LogP contribution in [0.1, 0.15) is 11.5 Å². The Bertz CT molecular complexity index is 1420. The molecular weight excluding hydrogens is 474 g/mol. The van der Waals surface area contributed by atoms with Gasteiger partial charge in [-0.15, -0.1) is 10.2 Å². The average Bonchev–Trinajstić information content (AvgIpc) is 3.58. The number of aryl methyl sites for hydroxylation is 1. The molecule has 36 heavy (non-hydrogen) atoms. The third-order valence-corrected chi connectivity index (χ3v) is 6.62. The quantitative estimate of drug-likeness (QED) is 0.231. The van der Waals surface area contributed by atoms with E-state index in [2.05, 4.69) is 49.2 Å². The number of benzene rings is 3. The summed E-state index contributed by atoms with van der Waals surface area (Å²) < 4.78 is 18.4. The van der Waals surface area contributed by atoms with Crippen molar-refractivity contribution in [2.45, 2.75) is 23.9 Å². The van der Waals surface area contributed by atoms with Crippen LogP contribution < -0.4 is 9.47 Å². The maximum Gasteiger partial charge on any atom is 0.237 e. The Labute approximate surface area is 213 Å². The topological polar surface area (TPSA) is 88.1 Å². The Morgan fingerprint density at radius 1 is 0.861 bits per heavy atom. The van der Waals surface area contributed by atoms with Gasteiger partial charge in [0.1, 0.15) is 11.5 Å². The molecule has 0 spiro atoms. The number of aromatic nitrogens is 5. The lowest BCUT2D eigenvalue weighted by molar-refractivity contribution is 0.390. The summed E-state index contributed by atoms with van der Waals surface area (Å²) in [5.74, 6) is 3.76. The SMILES string of the molecule is COc1ccc(-c2nnc(SCc3nc(-c4ccccc4OC)no3)n2CCc2ccccc2)cc1. The predicted octanol–water partition coefficient (Wildman–Crippen LogP) is 5.55. The van der Waals surface area contributed by atoms with Crippen molar-refractivity contribution >= 4 is 11.8 Å². The van der Waals surface area contributed by atoms with E-state index in [0.29, 0.717) is 23.2 Å². The second-order valence-corrected chi connectivity index (χ2v) is 8.87. The van der Waals surface area contributed by atoms with Crippen molar-refractivity contribution in [3.8, 4) is 34.3 Å². The van der Waals surface area contributed by atoms with Crippen molar-refractivity contribution in [3.05, 3.63) is 90.3 Å². The number of hydrogen-bond acceptors (Lipinski definition) is 8. The van der Waals surface area contributed by atoms with E-state index in [1.807, 2.05) is 54.6 Å². The van der Waals surface area contributed by atoms with Crippen LogP contribution in [0.4, 0.5) is 0 Å². The molecule has 0 N–H and O–H groups in total. The fraction of sp³-hybridized carbons (Fsp3) is 0.185. The van der Waals surface area contributed by atoms with Gasteiger partial charge in [-0.25, -0.2) is 0 Å². The number of hydrogen-bond donors (Lipinski definition) is 0. The van der Waals surface area contributed by atoms with Gasteiger partial charge in [-0.1, -0.05) is 59.4 Å². The Morgan fingerprint density at radius 3 is 2.42 bits per heavy atom. The van der Waals surface area contributed by atoms with E-state index in [-0.39, 0.29) is 0 Å². The zero-order chi connectivity index (χ0) is 24.7. The van der Waals surface area contributed by atoms with Crippen LogP contribution in [-0.4, -0.2) is 39.1 Å². The molecule has 0 bridgehead atoms. The van der Waals surface area contributed by atoms with Crippen LogP contribution in [0.15, 0.2) is 88.5 Å². The maximum atomic E-state index is 5.52. The zero-order valence-corrected chi connectivity index (χ0v) is 20.8. The molecule has 0 atom stereocenters. The van der Waals surface area contributed by atoms with Crippen LogP contribution in [0, 0.1) is 0 Å². The van der Waals surface area contributed by atoms with Gasteiger partial charge in [-0.05, 0) is 48.4 Å². The first-order valence-electron chi connectivity index (χ1n) is 11.5. The highest BCUT2D eigenvalue weighted by atomic mass is 32.2. The second kappa shape index (κ2) is 11.1. The molecule has 3 aromatic carbocycles. The van der Waals surface area contributed by atoms with Crippen molar-refractivity contribution < 1.29 is 14.0 Å². The summed E-state index contributed by atoms with van der Waals surface area (Å²) in [6.45, 7) is 0.733. The van der Waals surface area contributed by atoms with Gasteiger partial charge in [0.25, 0.3) is 0 Å². The summed E-state index contributed by atoms with van der Waals surface area (Å²) >= 11 is 1.51. The summed E-state index contributed by atoms with van der Waals surface area (Å²) in [6, 6.07) is 25.8. The molecule has 0 saturated carbocycles. The molecule has 0 aliphatic heterocycles.